The van der Waals surface area contributed by atoms with E-state index in [4.69, 9.17) is 0 Å². The molecule has 3 rings (SSSR count). The number of aromatic nitrogens is 2. The van der Waals surface area contributed by atoms with Crippen molar-refractivity contribution in [2.45, 2.75) is 33.4 Å². The number of nitrogens with one attached hydrogen (secondary N) is 1. The summed E-state index contributed by atoms with van der Waals surface area (Å²) in [5.41, 5.74) is 5.54. The second kappa shape index (κ2) is 4.78. The van der Waals surface area contributed by atoms with Gasteiger partial charge in [-0.15, -0.1) is 0 Å². The number of halogens is 1. The zero-order valence-electron chi connectivity index (χ0n) is 11.3. The first-order valence-corrected chi connectivity index (χ1v) is 6.63. The van der Waals surface area contributed by atoms with E-state index < -0.39 is 0 Å². The molecule has 0 bridgehead atoms. The summed E-state index contributed by atoms with van der Waals surface area (Å²) in [7, 11) is 0. The smallest absolute Gasteiger partial charge is 0.127 e. The Kier molecular flexibility index (Phi) is 3.11. The van der Waals surface area contributed by atoms with Gasteiger partial charge in [0.1, 0.15) is 5.82 Å². The lowest BCUT2D eigenvalue weighted by molar-refractivity contribution is 0.237. The minimum Gasteiger partial charge on any atom is -0.293 e. The normalized spacial score (nSPS) is 15.5. The van der Waals surface area contributed by atoms with Crippen molar-refractivity contribution in [3.63, 3.8) is 0 Å². The summed E-state index contributed by atoms with van der Waals surface area (Å²) in [6, 6.07) is 3.46. The quantitative estimate of drug-likeness (QED) is 0.899. The number of hydrogen-bond acceptors (Lipinski definition) is 2. The van der Waals surface area contributed by atoms with Gasteiger partial charge < -0.3 is 0 Å². The highest BCUT2D eigenvalue weighted by molar-refractivity contribution is 5.37. The van der Waals surface area contributed by atoms with E-state index in [2.05, 4.69) is 22.0 Å². The summed E-state index contributed by atoms with van der Waals surface area (Å²) in [5.74, 6) is -0.0772. The van der Waals surface area contributed by atoms with Gasteiger partial charge in [-0.25, -0.2) is 4.39 Å². The highest BCUT2D eigenvalue weighted by atomic mass is 19.1. The van der Waals surface area contributed by atoms with E-state index in [1.807, 2.05) is 19.2 Å². The molecule has 1 aliphatic rings. The monoisotopic (exact) mass is 259 g/mol. The summed E-state index contributed by atoms with van der Waals surface area (Å²) in [4.78, 5) is 2.27. The van der Waals surface area contributed by atoms with Gasteiger partial charge >= 0.3 is 0 Å². The van der Waals surface area contributed by atoms with E-state index >= 15 is 0 Å². The third-order valence-electron chi connectivity index (χ3n) is 3.98. The van der Waals surface area contributed by atoms with E-state index in [1.54, 1.807) is 6.07 Å². The Balaban J connectivity index is 1.83. The fraction of sp³-hybridized carbons (Fsp3) is 0.400. The van der Waals surface area contributed by atoms with Crippen molar-refractivity contribution in [2.75, 3.05) is 6.54 Å². The second-order valence-electron chi connectivity index (χ2n) is 5.31. The van der Waals surface area contributed by atoms with Crippen molar-refractivity contribution < 1.29 is 4.39 Å². The van der Waals surface area contributed by atoms with Crippen molar-refractivity contribution in [2.24, 2.45) is 0 Å². The van der Waals surface area contributed by atoms with Crippen molar-refractivity contribution in [1.82, 2.24) is 15.1 Å². The predicted octanol–water partition coefficient (Wildman–Crippen LogP) is 2.72. The Morgan fingerprint density at radius 2 is 2.11 bits per heavy atom. The van der Waals surface area contributed by atoms with Gasteiger partial charge in [0.25, 0.3) is 0 Å². The van der Waals surface area contributed by atoms with Crippen molar-refractivity contribution in [1.29, 1.82) is 0 Å². The number of fused-ring (bicyclic) bond motifs is 1. The molecule has 4 heteroatoms. The van der Waals surface area contributed by atoms with Crippen molar-refractivity contribution in [3.05, 3.63) is 52.1 Å². The molecule has 1 aromatic carbocycles. The lowest BCUT2D eigenvalue weighted by Crippen LogP contribution is -2.31. The lowest BCUT2D eigenvalue weighted by atomic mass is 9.94. The van der Waals surface area contributed by atoms with Crippen LogP contribution in [0.5, 0.6) is 0 Å². The van der Waals surface area contributed by atoms with E-state index in [0.29, 0.717) is 6.54 Å². The SMILES string of the molecule is Cc1cn[nH]c1CN1CCc2c(C)ccc(F)c2C1. The molecule has 0 amide bonds. The Bertz CT molecular complexity index is 603. The molecule has 100 valence electrons. The first-order chi connectivity index (χ1) is 9.15. The largest absolute Gasteiger partial charge is 0.293 e. The molecule has 0 radical (unpaired) electrons. The van der Waals surface area contributed by atoms with E-state index in [-0.39, 0.29) is 5.82 Å². The molecule has 1 aliphatic heterocycles. The van der Waals surface area contributed by atoms with Crippen LogP contribution in [0.4, 0.5) is 4.39 Å². The maximum absolute atomic E-state index is 13.9. The maximum atomic E-state index is 13.9. The molecule has 0 aliphatic carbocycles. The maximum Gasteiger partial charge on any atom is 0.127 e. The van der Waals surface area contributed by atoms with Gasteiger partial charge in [0.2, 0.25) is 0 Å². The number of rotatable bonds is 2. The molecule has 2 heterocycles. The topological polar surface area (TPSA) is 31.9 Å². The molecule has 0 atom stereocenters. The van der Waals surface area contributed by atoms with Crippen LogP contribution in [-0.4, -0.2) is 21.6 Å². The Morgan fingerprint density at radius 1 is 1.26 bits per heavy atom. The number of aromatic amines is 1. The molecular formula is C15H18FN3. The Morgan fingerprint density at radius 3 is 2.84 bits per heavy atom. The zero-order chi connectivity index (χ0) is 13.4. The molecule has 2 aromatic rings. The Labute approximate surface area is 112 Å². The summed E-state index contributed by atoms with van der Waals surface area (Å²) < 4.78 is 13.9. The number of hydrogen-bond donors (Lipinski definition) is 1. The van der Waals surface area contributed by atoms with Crippen LogP contribution in [0.25, 0.3) is 0 Å². The van der Waals surface area contributed by atoms with Crippen molar-refractivity contribution in [3.8, 4) is 0 Å². The zero-order valence-corrected chi connectivity index (χ0v) is 11.3. The van der Waals surface area contributed by atoms with Crippen LogP contribution in [0.3, 0.4) is 0 Å². The van der Waals surface area contributed by atoms with Gasteiger partial charge in [0.05, 0.1) is 11.9 Å². The molecule has 0 unspecified atom stereocenters. The highest BCUT2D eigenvalue weighted by Crippen LogP contribution is 2.25. The third kappa shape index (κ3) is 2.28. The van der Waals surface area contributed by atoms with Crippen LogP contribution < -0.4 is 0 Å². The number of aryl methyl sites for hydroxylation is 2. The average Bonchev–Trinajstić information content (AvgIpc) is 2.80. The minimum absolute atomic E-state index is 0.0772. The van der Waals surface area contributed by atoms with Crippen LogP contribution in [0, 0.1) is 19.7 Å². The molecular weight excluding hydrogens is 241 g/mol. The number of benzene rings is 1. The minimum atomic E-state index is -0.0772. The van der Waals surface area contributed by atoms with Crippen LogP contribution in [0.2, 0.25) is 0 Å². The van der Waals surface area contributed by atoms with Crippen LogP contribution in [0.15, 0.2) is 18.3 Å². The van der Waals surface area contributed by atoms with Gasteiger partial charge in [0, 0.05) is 25.2 Å². The Hall–Kier alpha value is -1.68. The summed E-state index contributed by atoms with van der Waals surface area (Å²) in [5, 5.41) is 7.05. The van der Waals surface area contributed by atoms with Crippen molar-refractivity contribution >= 4 is 0 Å². The molecule has 1 N–H and O–H groups in total. The molecule has 0 saturated carbocycles. The van der Waals surface area contributed by atoms with Crippen LogP contribution in [-0.2, 0) is 19.5 Å². The van der Waals surface area contributed by atoms with E-state index in [0.717, 1.165) is 36.3 Å². The number of H-pyrrole nitrogens is 1. The van der Waals surface area contributed by atoms with Crippen LogP contribution >= 0.6 is 0 Å². The molecule has 0 fully saturated rings. The van der Waals surface area contributed by atoms with E-state index in [9.17, 15) is 4.39 Å². The molecule has 0 saturated heterocycles. The van der Waals surface area contributed by atoms with Gasteiger partial charge in [-0.3, -0.25) is 10.00 Å². The highest BCUT2D eigenvalue weighted by Gasteiger charge is 2.21. The fourth-order valence-electron chi connectivity index (χ4n) is 2.76. The summed E-state index contributed by atoms with van der Waals surface area (Å²) in [6.45, 7) is 6.56. The standard InChI is InChI=1S/C15H18FN3/c1-10-3-4-14(16)13-8-19(6-5-12(10)13)9-15-11(2)7-17-18-15/h3-4,7H,5-6,8-9H2,1-2H3,(H,17,18). The van der Waals surface area contributed by atoms with Gasteiger partial charge in [-0.1, -0.05) is 6.07 Å². The second-order valence-corrected chi connectivity index (χ2v) is 5.31. The van der Waals surface area contributed by atoms with Gasteiger partial charge in [-0.05, 0) is 43.0 Å². The van der Waals surface area contributed by atoms with Gasteiger partial charge in [0.15, 0.2) is 0 Å². The molecule has 19 heavy (non-hydrogen) atoms. The summed E-state index contributed by atoms with van der Waals surface area (Å²) in [6.07, 6.45) is 2.75. The van der Waals surface area contributed by atoms with E-state index in [1.165, 1.54) is 11.1 Å². The van der Waals surface area contributed by atoms with Crippen LogP contribution in [0.1, 0.15) is 27.9 Å². The average molecular weight is 259 g/mol. The first-order valence-electron chi connectivity index (χ1n) is 6.63. The number of nitrogens with zero attached hydrogens (tertiary/aromatic N) is 2. The van der Waals surface area contributed by atoms with Gasteiger partial charge in [-0.2, -0.15) is 5.10 Å². The third-order valence-corrected chi connectivity index (χ3v) is 3.98. The summed E-state index contributed by atoms with van der Waals surface area (Å²) >= 11 is 0. The lowest BCUT2D eigenvalue weighted by Gasteiger charge is -2.29. The molecule has 3 nitrogen and oxygen atoms in total. The molecule has 1 aromatic heterocycles. The predicted molar refractivity (Wildman–Crippen MR) is 72.3 cm³/mol. The molecule has 0 spiro atoms. The fourth-order valence-corrected chi connectivity index (χ4v) is 2.76. The first kappa shape index (κ1) is 12.4.